The van der Waals surface area contributed by atoms with Crippen LogP contribution in [0.1, 0.15) is 54.2 Å². The zero-order chi connectivity index (χ0) is 20.8. The molecular weight excluding hydrogens is 366 g/mol. The molecule has 2 amide bonds. The number of ether oxygens (including phenoxy) is 1. The summed E-state index contributed by atoms with van der Waals surface area (Å²) >= 11 is 0. The van der Waals surface area contributed by atoms with E-state index in [9.17, 15) is 9.59 Å². The smallest absolute Gasteiger partial charge is 0.253 e. The Morgan fingerprint density at radius 3 is 2.79 bits per heavy atom. The largest absolute Gasteiger partial charge is 0.496 e. The van der Waals surface area contributed by atoms with Crippen LogP contribution in [0.3, 0.4) is 0 Å². The van der Waals surface area contributed by atoms with Gasteiger partial charge in [-0.3, -0.25) is 14.6 Å². The van der Waals surface area contributed by atoms with Crippen molar-refractivity contribution in [2.75, 3.05) is 20.2 Å². The highest BCUT2D eigenvalue weighted by Crippen LogP contribution is 2.29. The van der Waals surface area contributed by atoms with E-state index in [-0.39, 0.29) is 23.8 Å². The maximum Gasteiger partial charge on any atom is 0.253 e. The van der Waals surface area contributed by atoms with E-state index in [1.807, 2.05) is 49.1 Å². The summed E-state index contributed by atoms with van der Waals surface area (Å²) in [5.74, 6) is 0.746. The van der Waals surface area contributed by atoms with Gasteiger partial charge in [-0.1, -0.05) is 18.2 Å². The van der Waals surface area contributed by atoms with Crippen molar-refractivity contribution in [2.45, 2.75) is 45.1 Å². The molecule has 1 N–H and O–H groups in total. The zero-order valence-electron chi connectivity index (χ0n) is 17.4. The molecule has 3 rings (SSSR count). The molecule has 29 heavy (non-hydrogen) atoms. The van der Waals surface area contributed by atoms with Gasteiger partial charge in [0.15, 0.2) is 0 Å². The summed E-state index contributed by atoms with van der Waals surface area (Å²) < 4.78 is 5.37. The topological polar surface area (TPSA) is 71.5 Å². The first-order valence-electron chi connectivity index (χ1n) is 10.1. The van der Waals surface area contributed by atoms with Gasteiger partial charge in [-0.05, 0) is 44.9 Å². The van der Waals surface area contributed by atoms with Crippen LogP contribution in [0, 0.1) is 0 Å². The van der Waals surface area contributed by atoms with E-state index in [4.69, 9.17) is 4.74 Å². The van der Waals surface area contributed by atoms with E-state index in [0.29, 0.717) is 18.5 Å². The molecule has 2 aromatic rings. The van der Waals surface area contributed by atoms with Crippen LogP contribution in [0.4, 0.5) is 0 Å². The average Bonchev–Trinajstić information content (AvgIpc) is 2.73. The predicted molar refractivity (Wildman–Crippen MR) is 112 cm³/mol. The van der Waals surface area contributed by atoms with E-state index in [1.54, 1.807) is 19.4 Å². The molecule has 0 aliphatic carbocycles. The highest BCUT2D eigenvalue weighted by molar-refractivity contribution is 5.95. The molecule has 1 aliphatic heterocycles. The van der Waals surface area contributed by atoms with Crippen LogP contribution in [-0.4, -0.2) is 47.9 Å². The Morgan fingerprint density at radius 1 is 1.24 bits per heavy atom. The normalized spacial score (nSPS) is 16.6. The molecule has 1 aromatic heterocycles. The molecule has 0 spiro atoms. The number of piperidine rings is 1. The number of carbonyl (C=O) groups excluding carboxylic acids is 2. The van der Waals surface area contributed by atoms with E-state index < -0.39 is 0 Å². The van der Waals surface area contributed by atoms with Gasteiger partial charge in [-0.2, -0.15) is 0 Å². The van der Waals surface area contributed by atoms with Crippen molar-refractivity contribution in [3.63, 3.8) is 0 Å². The monoisotopic (exact) mass is 395 g/mol. The number of likely N-dealkylation sites (tertiary alicyclic amines) is 1. The third kappa shape index (κ3) is 5.13. The van der Waals surface area contributed by atoms with Gasteiger partial charge in [0.1, 0.15) is 5.75 Å². The number of pyridine rings is 1. The van der Waals surface area contributed by atoms with Crippen molar-refractivity contribution in [1.82, 2.24) is 15.2 Å². The number of nitrogens with zero attached hydrogens (tertiary/aromatic N) is 2. The molecule has 0 bridgehead atoms. The number of amides is 2. The first-order valence-corrected chi connectivity index (χ1v) is 10.1. The van der Waals surface area contributed by atoms with Crippen molar-refractivity contribution < 1.29 is 14.3 Å². The Labute approximate surface area is 172 Å². The molecule has 1 saturated heterocycles. The second-order valence-electron chi connectivity index (χ2n) is 7.73. The summed E-state index contributed by atoms with van der Waals surface area (Å²) in [5.41, 5.74) is 2.27. The maximum atomic E-state index is 12.9. The van der Waals surface area contributed by atoms with Crippen LogP contribution in [0.5, 0.6) is 5.75 Å². The summed E-state index contributed by atoms with van der Waals surface area (Å²) in [6, 6.07) is 11.3. The van der Waals surface area contributed by atoms with E-state index >= 15 is 0 Å². The molecule has 1 aliphatic rings. The fraction of sp³-hybridized carbons (Fsp3) is 0.435. The number of hydrogen-bond donors (Lipinski definition) is 1. The van der Waals surface area contributed by atoms with Crippen LogP contribution in [-0.2, 0) is 11.2 Å². The lowest BCUT2D eigenvalue weighted by Crippen LogP contribution is -2.41. The second-order valence-corrected chi connectivity index (χ2v) is 7.73. The average molecular weight is 396 g/mol. The minimum atomic E-state index is -0.111. The molecule has 6 nitrogen and oxygen atoms in total. The number of para-hydroxylation sites is 1. The van der Waals surface area contributed by atoms with Gasteiger partial charge in [0.2, 0.25) is 5.91 Å². The molecule has 0 radical (unpaired) electrons. The van der Waals surface area contributed by atoms with Crippen molar-refractivity contribution in [3.05, 3.63) is 59.4 Å². The van der Waals surface area contributed by atoms with Crippen LogP contribution in [0.25, 0.3) is 0 Å². The standard InChI is InChI=1S/C23H29N3O3/c1-16(2)25-23(28)19-10-6-12-24-22(19)18-9-7-13-26(15-18)21(27)14-17-8-4-5-11-20(17)29-3/h4-6,8,10-12,16,18H,7,9,13-15H2,1-3H3,(H,25,28). The molecule has 1 unspecified atom stereocenters. The number of methoxy groups -OCH3 is 1. The summed E-state index contributed by atoms with van der Waals surface area (Å²) in [6.07, 6.45) is 3.83. The molecule has 1 fully saturated rings. The highest BCUT2D eigenvalue weighted by Gasteiger charge is 2.29. The van der Waals surface area contributed by atoms with E-state index in [1.165, 1.54) is 0 Å². The second kappa shape index (κ2) is 9.54. The summed E-state index contributed by atoms with van der Waals surface area (Å²) in [4.78, 5) is 32.0. The van der Waals surface area contributed by atoms with Crippen molar-refractivity contribution in [1.29, 1.82) is 0 Å². The van der Waals surface area contributed by atoms with Gasteiger partial charge < -0.3 is 15.0 Å². The molecule has 1 aromatic carbocycles. The van der Waals surface area contributed by atoms with Gasteiger partial charge in [0.05, 0.1) is 24.8 Å². The fourth-order valence-electron chi connectivity index (χ4n) is 3.83. The summed E-state index contributed by atoms with van der Waals surface area (Å²) in [7, 11) is 1.62. The Kier molecular flexibility index (Phi) is 6.86. The zero-order valence-corrected chi connectivity index (χ0v) is 17.4. The minimum absolute atomic E-state index is 0.0551. The Balaban J connectivity index is 1.74. The molecule has 0 saturated carbocycles. The Bertz CT molecular complexity index is 866. The molecule has 154 valence electrons. The predicted octanol–water partition coefficient (Wildman–Crippen LogP) is 3.18. The fourth-order valence-corrected chi connectivity index (χ4v) is 3.83. The Morgan fingerprint density at radius 2 is 2.03 bits per heavy atom. The van der Waals surface area contributed by atoms with Gasteiger partial charge in [0.25, 0.3) is 5.91 Å². The molecule has 2 heterocycles. The lowest BCUT2D eigenvalue weighted by atomic mass is 9.91. The molecule has 1 atom stereocenters. The van der Waals surface area contributed by atoms with Crippen LogP contribution in [0.2, 0.25) is 0 Å². The van der Waals surface area contributed by atoms with Gasteiger partial charge >= 0.3 is 0 Å². The molecular formula is C23H29N3O3. The van der Waals surface area contributed by atoms with Gasteiger partial charge in [-0.25, -0.2) is 0 Å². The number of carbonyl (C=O) groups is 2. The number of hydrogen-bond acceptors (Lipinski definition) is 4. The van der Waals surface area contributed by atoms with Crippen molar-refractivity contribution in [3.8, 4) is 5.75 Å². The van der Waals surface area contributed by atoms with Crippen LogP contribution >= 0.6 is 0 Å². The maximum absolute atomic E-state index is 12.9. The summed E-state index contributed by atoms with van der Waals surface area (Å²) in [6.45, 7) is 5.18. The Hall–Kier alpha value is -2.89. The van der Waals surface area contributed by atoms with Gasteiger partial charge in [-0.15, -0.1) is 0 Å². The summed E-state index contributed by atoms with van der Waals surface area (Å²) in [5, 5.41) is 2.94. The number of nitrogens with one attached hydrogen (secondary N) is 1. The third-order valence-electron chi connectivity index (χ3n) is 5.20. The van der Waals surface area contributed by atoms with Crippen LogP contribution < -0.4 is 10.1 Å². The van der Waals surface area contributed by atoms with E-state index in [0.717, 1.165) is 36.4 Å². The first kappa shape index (κ1) is 20.8. The number of rotatable bonds is 6. The van der Waals surface area contributed by atoms with Crippen molar-refractivity contribution >= 4 is 11.8 Å². The highest BCUT2D eigenvalue weighted by atomic mass is 16.5. The minimum Gasteiger partial charge on any atom is -0.496 e. The number of aromatic nitrogens is 1. The molecule has 6 heteroatoms. The third-order valence-corrected chi connectivity index (χ3v) is 5.20. The number of benzene rings is 1. The van der Waals surface area contributed by atoms with Crippen molar-refractivity contribution in [2.24, 2.45) is 0 Å². The SMILES string of the molecule is COc1ccccc1CC(=O)N1CCCC(c2ncccc2C(=O)NC(C)C)C1. The van der Waals surface area contributed by atoms with E-state index in [2.05, 4.69) is 10.3 Å². The lowest BCUT2D eigenvalue weighted by Gasteiger charge is -2.33. The lowest BCUT2D eigenvalue weighted by molar-refractivity contribution is -0.131. The first-order chi connectivity index (χ1) is 14.0. The quantitative estimate of drug-likeness (QED) is 0.815. The van der Waals surface area contributed by atoms with Gasteiger partial charge in [0, 0.05) is 36.8 Å². The van der Waals surface area contributed by atoms with Crippen LogP contribution in [0.15, 0.2) is 42.6 Å².